The first-order valence-corrected chi connectivity index (χ1v) is 7.94. The average molecular weight is 279 g/mol. The molecule has 0 bridgehead atoms. The Morgan fingerprint density at radius 2 is 1.65 bits per heavy atom. The van der Waals surface area contributed by atoms with Gasteiger partial charge in [-0.25, -0.2) is 0 Å². The van der Waals surface area contributed by atoms with E-state index in [4.69, 9.17) is 0 Å². The summed E-state index contributed by atoms with van der Waals surface area (Å²) in [4.78, 5) is 0. The fourth-order valence-electron chi connectivity index (χ4n) is 2.29. The molecule has 1 aromatic carbocycles. The van der Waals surface area contributed by atoms with Crippen molar-refractivity contribution in [3.8, 4) is 5.75 Å². The average Bonchev–Trinajstić information content (AvgIpc) is 2.45. The summed E-state index contributed by atoms with van der Waals surface area (Å²) in [6.45, 7) is 2.72. The van der Waals surface area contributed by atoms with Gasteiger partial charge in [0.2, 0.25) is 0 Å². The number of benzene rings is 1. The van der Waals surface area contributed by atoms with Crippen LogP contribution < -0.4 is 5.32 Å². The van der Waals surface area contributed by atoms with Gasteiger partial charge in [0.15, 0.2) is 0 Å². The molecule has 0 radical (unpaired) electrons. The van der Waals surface area contributed by atoms with Crippen molar-refractivity contribution in [1.82, 2.24) is 0 Å². The van der Waals surface area contributed by atoms with Crippen molar-refractivity contribution < 1.29 is 10.2 Å². The molecule has 0 fully saturated rings. The third-order valence-corrected chi connectivity index (χ3v) is 3.57. The number of rotatable bonds is 11. The van der Waals surface area contributed by atoms with Crippen molar-refractivity contribution >= 4 is 5.69 Å². The molecule has 0 aliphatic heterocycles. The molecule has 0 spiro atoms. The van der Waals surface area contributed by atoms with E-state index in [-0.39, 0.29) is 11.9 Å². The van der Waals surface area contributed by atoms with E-state index in [1.54, 1.807) is 12.1 Å². The molecular formula is C17H29NO2. The maximum absolute atomic E-state index is 9.90. The highest BCUT2D eigenvalue weighted by Crippen LogP contribution is 2.21. The summed E-state index contributed by atoms with van der Waals surface area (Å²) in [5, 5.41) is 22.6. The minimum Gasteiger partial charge on any atom is -0.506 e. The Labute approximate surface area is 123 Å². The number of nitrogens with one attached hydrogen (secondary N) is 1. The smallest absolute Gasteiger partial charge is 0.138 e. The van der Waals surface area contributed by atoms with Gasteiger partial charge in [0.1, 0.15) is 5.75 Å². The standard InChI is InChI=1S/C17H29NO2/c1-2-3-4-5-6-7-8-11-15(19)14-18-16-12-9-10-13-17(16)20/h9-10,12-13,15,18-20H,2-8,11,14H2,1H3. The molecule has 0 heterocycles. The quantitative estimate of drug-likeness (QED) is 0.418. The fraction of sp³-hybridized carbons (Fsp3) is 0.647. The van der Waals surface area contributed by atoms with Crippen molar-refractivity contribution in [2.75, 3.05) is 11.9 Å². The van der Waals surface area contributed by atoms with E-state index in [0.29, 0.717) is 12.2 Å². The van der Waals surface area contributed by atoms with Crippen LogP contribution in [0.1, 0.15) is 58.3 Å². The van der Waals surface area contributed by atoms with Crippen LogP contribution >= 0.6 is 0 Å². The van der Waals surface area contributed by atoms with Crippen molar-refractivity contribution in [3.63, 3.8) is 0 Å². The number of para-hydroxylation sites is 2. The number of phenols is 1. The molecule has 1 aromatic rings. The highest BCUT2D eigenvalue weighted by atomic mass is 16.3. The number of aromatic hydroxyl groups is 1. The molecule has 0 aliphatic carbocycles. The van der Waals surface area contributed by atoms with Crippen LogP contribution in [0.25, 0.3) is 0 Å². The number of anilines is 1. The van der Waals surface area contributed by atoms with Gasteiger partial charge >= 0.3 is 0 Å². The SMILES string of the molecule is CCCCCCCCCC(O)CNc1ccccc1O. The Morgan fingerprint density at radius 1 is 1.00 bits per heavy atom. The first-order valence-electron chi connectivity index (χ1n) is 7.94. The lowest BCUT2D eigenvalue weighted by Crippen LogP contribution is -2.19. The number of hydrogen-bond acceptors (Lipinski definition) is 3. The fourth-order valence-corrected chi connectivity index (χ4v) is 2.29. The van der Waals surface area contributed by atoms with E-state index >= 15 is 0 Å². The van der Waals surface area contributed by atoms with Gasteiger partial charge in [0.25, 0.3) is 0 Å². The third kappa shape index (κ3) is 7.39. The molecular weight excluding hydrogens is 250 g/mol. The Balaban J connectivity index is 2.03. The van der Waals surface area contributed by atoms with Crippen molar-refractivity contribution in [2.24, 2.45) is 0 Å². The van der Waals surface area contributed by atoms with E-state index in [9.17, 15) is 10.2 Å². The second-order valence-electron chi connectivity index (χ2n) is 5.46. The molecule has 3 nitrogen and oxygen atoms in total. The zero-order valence-electron chi connectivity index (χ0n) is 12.6. The first-order chi connectivity index (χ1) is 9.74. The number of unbranched alkanes of at least 4 members (excludes halogenated alkanes) is 6. The molecule has 1 unspecified atom stereocenters. The summed E-state index contributed by atoms with van der Waals surface area (Å²) in [5.41, 5.74) is 0.686. The van der Waals surface area contributed by atoms with E-state index in [0.717, 1.165) is 12.8 Å². The lowest BCUT2D eigenvalue weighted by molar-refractivity contribution is 0.173. The summed E-state index contributed by atoms with van der Waals surface area (Å²) in [7, 11) is 0. The summed E-state index contributed by atoms with van der Waals surface area (Å²) < 4.78 is 0. The van der Waals surface area contributed by atoms with Gasteiger partial charge in [-0.05, 0) is 18.6 Å². The van der Waals surface area contributed by atoms with Crippen LogP contribution in [0.4, 0.5) is 5.69 Å². The van der Waals surface area contributed by atoms with Gasteiger partial charge in [-0.2, -0.15) is 0 Å². The summed E-state index contributed by atoms with van der Waals surface area (Å²) in [6.07, 6.45) is 9.34. The molecule has 0 amide bonds. The molecule has 114 valence electrons. The summed E-state index contributed by atoms with van der Waals surface area (Å²) in [6, 6.07) is 7.11. The largest absolute Gasteiger partial charge is 0.506 e. The Hall–Kier alpha value is -1.22. The highest BCUT2D eigenvalue weighted by molar-refractivity contribution is 5.55. The first kappa shape index (κ1) is 16.8. The Bertz CT molecular complexity index is 355. The van der Waals surface area contributed by atoms with Crippen LogP contribution in [0, 0.1) is 0 Å². The van der Waals surface area contributed by atoms with Crippen LogP contribution in [0.5, 0.6) is 5.75 Å². The van der Waals surface area contributed by atoms with E-state index in [2.05, 4.69) is 12.2 Å². The van der Waals surface area contributed by atoms with Crippen LogP contribution in [-0.4, -0.2) is 22.9 Å². The Morgan fingerprint density at radius 3 is 2.35 bits per heavy atom. The van der Waals surface area contributed by atoms with E-state index in [1.807, 2.05) is 12.1 Å². The predicted molar refractivity (Wildman–Crippen MR) is 85.2 cm³/mol. The lowest BCUT2D eigenvalue weighted by Gasteiger charge is -2.13. The number of phenolic OH excluding ortho intramolecular Hbond substituents is 1. The second kappa shape index (κ2) is 10.6. The number of hydrogen-bond donors (Lipinski definition) is 3. The molecule has 0 aromatic heterocycles. The van der Waals surface area contributed by atoms with Crippen molar-refractivity contribution in [3.05, 3.63) is 24.3 Å². The van der Waals surface area contributed by atoms with E-state index < -0.39 is 0 Å². The van der Waals surface area contributed by atoms with Gasteiger partial charge in [-0.15, -0.1) is 0 Å². The summed E-state index contributed by atoms with van der Waals surface area (Å²) >= 11 is 0. The zero-order valence-corrected chi connectivity index (χ0v) is 12.6. The molecule has 0 aliphatic rings. The molecule has 0 saturated heterocycles. The van der Waals surface area contributed by atoms with Crippen molar-refractivity contribution in [1.29, 1.82) is 0 Å². The Kier molecular flexibility index (Phi) is 8.88. The molecule has 0 saturated carbocycles. The number of aliphatic hydroxyl groups excluding tert-OH is 1. The van der Waals surface area contributed by atoms with Crippen LogP contribution in [0.3, 0.4) is 0 Å². The molecule has 3 N–H and O–H groups in total. The van der Waals surface area contributed by atoms with Gasteiger partial charge in [-0.1, -0.05) is 64.0 Å². The van der Waals surface area contributed by atoms with Crippen LogP contribution in [-0.2, 0) is 0 Å². The minimum absolute atomic E-state index is 0.232. The van der Waals surface area contributed by atoms with Gasteiger partial charge in [0.05, 0.1) is 11.8 Å². The topological polar surface area (TPSA) is 52.5 Å². The van der Waals surface area contributed by atoms with Gasteiger partial charge in [-0.3, -0.25) is 0 Å². The highest BCUT2D eigenvalue weighted by Gasteiger charge is 2.05. The minimum atomic E-state index is -0.342. The van der Waals surface area contributed by atoms with Crippen LogP contribution in [0.2, 0.25) is 0 Å². The number of aliphatic hydroxyl groups is 1. The summed E-state index contributed by atoms with van der Waals surface area (Å²) in [5.74, 6) is 0.232. The molecule has 1 atom stereocenters. The third-order valence-electron chi connectivity index (χ3n) is 3.57. The van der Waals surface area contributed by atoms with Crippen LogP contribution in [0.15, 0.2) is 24.3 Å². The van der Waals surface area contributed by atoms with Crippen molar-refractivity contribution in [2.45, 2.75) is 64.4 Å². The van der Waals surface area contributed by atoms with E-state index in [1.165, 1.54) is 38.5 Å². The molecule has 1 rings (SSSR count). The zero-order chi connectivity index (χ0) is 14.6. The van der Waals surface area contributed by atoms with Gasteiger partial charge < -0.3 is 15.5 Å². The maximum Gasteiger partial charge on any atom is 0.138 e. The lowest BCUT2D eigenvalue weighted by atomic mass is 10.1. The monoisotopic (exact) mass is 279 g/mol. The molecule has 3 heteroatoms. The second-order valence-corrected chi connectivity index (χ2v) is 5.46. The molecule has 20 heavy (non-hydrogen) atoms. The maximum atomic E-state index is 9.90. The van der Waals surface area contributed by atoms with Gasteiger partial charge in [0, 0.05) is 6.54 Å². The normalized spacial score (nSPS) is 12.3. The predicted octanol–water partition coefficient (Wildman–Crippen LogP) is 4.31.